The lowest BCUT2D eigenvalue weighted by Crippen LogP contribution is -2.49. The van der Waals surface area contributed by atoms with E-state index < -0.39 is 0 Å². The topological polar surface area (TPSA) is 35.6 Å². The van der Waals surface area contributed by atoms with Crippen molar-refractivity contribution in [1.82, 2.24) is 15.1 Å². The van der Waals surface area contributed by atoms with Crippen molar-refractivity contribution < 1.29 is 4.79 Å². The molecule has 1 rings (SSSR count). The normalized spacial score (nSPS) is 17.3. The van der Waals surface area contributed by atoms with Gasteiger partial charge in [0.25, 0.3) is 0 Å². The Morgan fingerprint density at radius 1 is 1.25 bits per heavy atom. The summed E-state index contributed by atoms with van der Waals surface area (Å²) >= 11 is 0. The van der Waals surface area contributed by atoms with Crippen molar-refractivity contribution in [2.75, 3.05) is 46.3 Å². The fourth-order valence-corrected chi connectivity index (χ4v) is 1.62. The highest BCUT2D eigenvalue weighted by Gasteiger charge is 2.17. The first-order valence-corrected chi connectivity index (χ1v) is 5.90. The maximum atomic E-state index is 11.8. The summed E-state index contributed by atoms with van der Waals surface area (Å²) in [5.74, 6) is 0.218. The molecule has 1 fully saturated rings. The van der Waals surface area contributed by atoms with Gasteiger partial charge in [-0.3, -0.25) is 4.79 Å². The van der Waals surface area contributed by atoms with Gasteiger partial charge in [-0.15, -0.1) is 0 Å². The van der Waals surface area contributed by atoms with Gasteiger partial charge in [-0.25, -0.2) is 0 Å². The summed E-state index contributed by atoms with van der Waals surface area (Å²) in [6.45, 7) is 9.04. The summed E-state index contributed by atoms with van der Waals surface area (Å²) in [6, 6.07) is 0. The molecule has 1 amide bonds. The van der Waals surface area contributed by atoms with Crippen LogP contribution in [0.3, 0.4) is 0 Å². The number of likely N-dealkylation sites (N-methyl/N-ethyl adjacent to an activating group) is 1. The van der Waals surface area contributed by atoms with E-state index in [0.717, 1.165) is 32.7 Å². The number of nitrogens with one attached hydrogen (secondary N) is 1. The highest BCUT2D eigenvalue weighted by molar-refractivity contribution is 5.78. The van der Waals surface area contributed by atoms with Crippen LogP contribution in [-0.4, -0.2) is 62.0 Å². The number of amides is 1. The first kappa shape index (κ1) is 13.2. The van der Waals surface area contributed by atoms with Crippen LogP contribution in [0.5, 0.6) is 0 Å². The Morgan fingerprint density at radius 3 is 2.44 bits per heavy atom. The molecule has 4 heteroatoms. The number of carbonyl (C=O) groups excluding carboxylic acids is 1. The van der Waals surface area contributed by atoms with Gasteiger partial charge in [0.05, 0.1) is 6.54 Å². The molecular formula is C12H23N3O. The van der Waals surface area contributed by atoms with Crippen molar-refractivity contribution in [3.8, 4) is 0 Å². The number of hydrogen-bond donors (Lipinski definition) is 1. The van der Waals surface area contributed by atoms with E-state index in [4.69, 9.17) is 0 Å². The molecule has 4 nitrogen and oxygen atoms in total. The standard InChI is InChI=1S/C12H23N3O/c1-11(2)4-5-13-10-12(16)15-8-6-14(3)7-9-15/h4,13H,5-10H2,1-3H3. The molecule has 1 heterocycles. The smallest absolute Gasteiger partial charge is 0.236 e. The van der Waals surface area contributed by atoms with E-state index in [2.05, 4.69) is 37.2 Å². The van der Waals surface area contributed by atoms with Crippen molar-refractivity contribution in [2.45, 2.75) is 13.8 Å². The summed E-state index contributed by atoms with van der Waals surface area (Å²) in [5, 5.41) is 3.14. The van der Waals surface area contributed by atoms with Gasteiger partial charge in [-0.2, -0.15) is 0 Å². The number of allylic oxidation sites excluding steroid dienone is 1. The second-order valence-corrected chi connectivity index (χ2v) is 4.60. The summed E-state index contributed by atoms with van der Waals surface area (Å²) in [5.41, 5.74) is 1.28. The number of nitrogens with zero attached hydrogens (tertiary/aromatic N) is 2. The lowest BCUT2D eigenvalue weighted by atomic mass is 10.3. The van der Waals surface area contributed by atoms with E-state index in [1.807, 2.05) is 4.90 Å². The van der Waals surface area contributed by atoms with Crippen molar-refractivity contribution in [2.24, 2.45) is 0 Å². The van der Waals surface area contributed by atoms with Gasteiger partial charge < -0.3 is 15.1 Å². The predicted octanol–water partition coefficient (Wildman–Crippen LogP) is 0.316. The third-order valence-corrected chi connectivity index (χ3v) is 2.79. The first-order valence-electron chi connectivity index (χ1n) is 5.90. The van der Waals surface area contributed by atoms with E-state index in [9.17, 15) is 4.79 Å². The third kappa shape index (κ3) is 4.77. The van der Waals surface area contributed by atoms with Crippen LogP contribution in [0.15, 0.2) is 11.6 Å². The lowest BCUT2D eigenvalue weighted by molar-refractivity contribution is -0.131. The molecule has 0 aliphatic carbocycles. The molecule has 1 saturated heterocycles. The second-order valence-electron chi connectivity index (χ2n) is 4.60. The Bertz CT molecular complexity index is 251. The Hall–Kier alpha value is -0.870. The Kier molecular flexibility index (Phi) is 5.49. The van der Waals surface area contributed by atoms with E-state index in [0.29, 0.717) is 6.54 Å². The van der Waals surface area contributed by atoms with Gasteiger partial charge in [0, 0.05) is 32.7 Å². The number of piperazine rings is 1. The Morgan fingerprint density at radius 2 is 1.88 bits per heavy atom. The van der Waals surface area contributed by atoms with Crippen LogP contribution in [0, 0.1) is 0 Å². The molecule has 1 aliphatic rings. The number of rotatable bonds is 4. The first-order chi connectivity index (χ1) is 7.59. The fraction of sp³-hybridized carbons (Fsp3) is 0.750. The molecule has 0 unspecified atom stereocenters. The van der Waals surface area contributed by atoms with Gasteiger partial charge >= 0.3 is 0 Å². The van der Waals surface area contributed by atoms with Crippen molar-refractivity contribution in [3.05, 3.63) is 11.6 Å². The second kappa shape index (κ2) is 6.66. The van der Waals surface area contributed by atoms with Gasteiger partial charge in [-0.05, 0) is 20.9 Å². The van der Waals surface area contributed by atoms with Crippen LogP contribution in [-0.2, 0) is 4.79 Å². The monoisotopic (exact) mass is 225 g/mol. The van der Waals surface area contributed by atoms with Gasteiger partial charge in [0.1, 0.15) is 0 Å². The molecule has 1 aliphatic heterocycles. The minimum absolute atomic E-state index is 0.218. The highest BCUT2D eigenvalue weighted by Crippen LogP contribution is 1.98. The summed E-state index contributed by atoms with van der Waals surface area (Å²) in [7, 11) is 2.09. The maximum absolute atomic E-state index is 11.8. The Labute approximate surface area is 98.3 Å². The molecule has 16 heavy (non-hydrogen) atoms. The minimum Gasteiger partial charge on any atom is -0.339 e. The molecule has 1 N–H and O–H groups in total. The SMILES string of the molecule is CC(C)=CCNCC(=O)N1CCN(C)CC1. The van der Waals surface area contributed by atoms with Crippen LogP contribution < -0.4 is 5.32 Å². The van der Waals surface area contributed by atoms with Crippen LogP contribution in [0.4, 0.5) is 0 Å². The molecule has 0 aromatic carbocycles. The molecule has 0 bridgehead atoms. The minimum atomic E-state index is 0.218. The summed E-state index contributed by atoms with van der Waals surface area (Å²) < 4.78 is 0. The molecule has 0 radical (unpaired) electrons. The molecular weight excluding hydrogens is 202 g/mol. The third-order valence-electron chi connectivity index (χ3n) is 2.79. The van der Waals surface area contributed by atoms with Gasteiger partial charge in [0.15, 0.2) is 0 Å². The average Bonchev–Trinajstić information content (AvgIpc) is 2.25. The molecule has 0 spiro atoms. The predicted molar refractivity (Wildman–Crippen MR) is 66.4 cm³/mol. The molecule has 0 aromatic heterocycles. The van der Waals surface area contributed by atoms with E-state index in [-0.39, 0.29) is 5.91 Å². The van der Waals surface area contributed by atoms with E-state index >= 15 is 0 Å². The van der Waals surface area contributed by atoms with Gasteiger partial charge in [0.2, 0.25) is 5.91 Å². The summed E-state index contributed by atoms with van der Waals surface area (Å²) in [4.78, 5) is 16.0. The van der Waals surface area contributed by atoms with Crippen molar-refractivity contribution in [1.29, 1.82) is 0 Å². The summed E-state index contributed by atoms with van der Waals surface area (Å²) in [6.07, 6.45) is 2.09. The quantitative estimate of drug-likeness (QED) is 0.553. The van der Waals surface area contributed by atoms with Crippen LogP contribution in [0.1, 0.15) is 13.8 Å². The number of hydrogen-bond acceptors (Lipinski definition) is 3. The zero-order valence-corrected chi connectivity index (χ0v) is 10.6. The van der Waals surface area contributed by atoms with Crippen molar-refractivity contribution in [3.63, 3.8) is 0 Å². The fourth-order valence-electron chi connectivity index (χ4n) is 1.62. The van der Waals surface area contributed by atoms with Crippen molar-refractivity contribution >= 4 is 5.91 Å². The molecule has 0 atom stereocenters. The van der Waals surface area contributed by atoms with Crippen LogP contribution in [0.2, 0.25) is 0 Å². The van der Waals surface area contributed by atoms with Crippen LogP contribution >= 0.6 is 0 Å². The van der Waals surface area contributed by atoms with E-state index in [1.54, 1.807) is 0 Å². The number of carbonyl (C=O) groups is 1. The average molecular weight is 225 g/mol. The Balaban J connectivity index is 2.17. The molecule has 0 aromatic rings. The van der Waals surface area contributed by atoms with Crippen LogP contribution in [0.25, 0.3) is 0 Å². The zero-order chi connectivity index (χ0) is 12.0. The highest BCUT2D eigenvalue weighted by atomic mass is 16.2. The maximum Gasteiger partial charge on any atom is 0.236 e. The zero-order valence-electron chi connectivity index (χ0n) is 10.6. The largest absolute Gasteiger partial charge is 0.339 e. The van der Waals surface area contributed by atoms with Gasteiger partial charge in [-0.1, -0.05) is 11.6 Å². The molecule has 92 valence electrons. The molecule has 0 saturated carbocycles. The lowest BCUT2D eigenvalue weighted by Gasteiger charge is -2.32. The van der Waals surface area contributed by atoms with E-state index in [1.165, 1.54) is 5.57 Å².